The van der Waals surface area contributed by atoms with E-state index in [1.807, 2.05) is 26.0 Å². The maximum absolute atomic E-state index is 12.8. The number of aromatic nitrogens is 1. The van der Waals surface area contributed by atoms with E-state index in [9.17, 15) is 18.4 Å². The van der Waals surface area contributed by atoms with Crippen molar-refractivity contribution in [1.29, 1.82) is 0 Å². The Hall–Kier alpha value is -3.35. The molecule has 0 saturated heterocycles. The third-order valence-electron chi connectivity index (χ3n) is 5.39. The zero-order valence-corrected chi connectivity index (χ0v) is 19.9. The molecule has 0 spiro atoms. The number of hydrogen-bond acceptors (Lipinski definition) is 7. The average molecular weight is 512 g/mol. The number of nitrogens with one attached hydrogen (secondary N) is 2. The van der Waals surface area contributed by atoms with E-state index in [4.69, 9.17) is 20.4 Å². The van der Waals surface area contributed by atoms with E-state index in [1.54, 1.807) is 12.1 Å². The molecule has 2 aromatic rings. The molecule has 0 aliphatic heterocycles. The normalized spacial score (nSPS) is 14.1. The number of carboxylic acid groups (broad SMARTS) is 1. The summed E-state index contributed by atoms with van der Waals surface area (Å²) in [6.07, 6.45) is -0.518. The van der Waals surface area contributed by atoms with Crippen LogP contribution in [0.1, 0.15) is 69.6 Å². The monoisotopic (exact) mass is 511 g/mol. The Kier molecular flexibility index (Phi) is 10.5. The van der Waals surface area contributed by atoms with E-state index >= 15 is 0 Å². The number of para-hydroxylation sites is 1. The van der Waals surface area contributed by atoms with E-state index in [0.29, 0.717) is 11.8 Å². The van der Waals surface area contributed by atoms with Gasteiger partial charge in [-0.15, -0.1) is 0 Å². The highest BCUT2D eigenvalue weighted by Gasteiger charge is 2.25. The van der Waals surface area contributed by atoms with Crippen LogP contribution in [0.15, 0.2) is 36.5 Å². The third kappa shape index (κ3) is 9.36. The molecule has 1 heterocycles. The van der Waals surface area contributed by atoms with Gasteiger partial charge >= 0.3 is 18.2 Å². The van der Waals surface area contributed by atoms with E-state index in [0.717, 1.165) is 37.4 Å². The van der Waals surface area contributed by atoms with Gasteiger partial charge in [-0.2, -0.15) is 0 Å². The van der Waals surface area contributed by atoms with Gasteiger partial charge in [-0.1, -0.05) is 51.3 Å². The summed E-state index contributed by atoms with van der Waals surface area (Å²) < 4.78 is 29.9. The molecular formula is C24H31F2N3O7. The van der Waals surface area contributed by atoms with Gasteiger partial charge in [0.2, 0.25) is 0 Å². The smallest absolute Gasteiger partial charge is 0.453 e. The van der Waals surface area contributed by atoms with Crippen molar-refractivity contribution >= 4 is 23.4 Å². The van der Waals surface area contributed by atoms with Crippen LogP contribution in [0.5, 0.6) is 5.75 Å². The molecular weight excluding hydrogens is 480 g/mol. The first-order valence-corrected chi connectivity index (χ1v) is 11.4. The van der Waals surface area contributed by atoms with Crippen molar-refractivity contribution in [2.45, 2.75) is 64.5 Å². The van der Waals surface area contributed by atoms with Crippen LogP contribution in [0.3, 0.4) is 0 Å². The summed E-state index contributed by atoms with van der Waals surface area (Å²) in [5.41, 5.74) is 0.395. The molecule has 3 rings (SSSR count). The van der Waals surface area contributed by atoms with Gasteiger partial charge in [-0.25, -0.2) is 13.6 Å². The molecule has 0 unspecified atom stereocenters. The van der Waals surface area contributed by atoms with E-state index in [-0.39, 0.29) is 17.5 Å². The first kappa shape index (κ1) is 28.9. The predicted octanol–water partition coefficient (Wildman–Crippen LogP) is 4.40. The second-order valence-corrected chi connectivity index (χ2v) is 8.58. The number of nitrogens with zero attached hydrogens (tertiary/aromatic N) is 1. The molecule has 10 nitrogen and oxygen atoms in total. The number of aliphatic carboxylic acids is 1. The van der Waals surface area contributed by atoms with Crippen LogP contribution in [0.4, 0.5) is 25.0 Å². The van der Waals surface area contributed by atoms with Crippen LogP contribution < -0.4 is 15.4 Å². The number of anilines is 2. The highest BCUT2D eigenvalue weighted by atomic mass is 19.3. The number of ether oxygens (including phenoxy) is 1. The van der Waals surface area contributed by atoms with Crippen LogP contribution in [-0.4, -0.2) is 43.6 Å². The molecule has 36 heavy (non-hydrogen) atoms. The molecule has 12 heteroatoms. The molecule has 198 valence electrons. The van der Waals surface area contributed by atoms with Crippen molar-refractivity contribution in [3.05, 3.63) is 47.8 Å². The number of carbonyl (C=O) groups excluding carboxylic acids is 1. The SMILES string of the molecule is CC(C)c1ccccc1NC(=O)Nc1cnc(C(F)F)cc1OC(O)(O)O.O=C(O)C1CCCCC1. The van der Waals surface area contributed by atoms with E-state index in [2.05, 4.69) is 20.4 Å². The molecule has 6 N–H and O–H groups in total. The molecule has 1 aromatic heterocycles. The standard InChI is InChI=1S/C17H19F2N3O5.C7H12O2/c1-9(2)10-5-3-4-6-11(10)21-16(23)22-13-8-20-12(15(18)19)7-14(13)27-17(24,25)26;8-7(9)6-4-2-1-3-5-6/h3-9,15,24-26H,1-2H3,(H2,21,22,23);6H,1-5H2,(H,8,9). The van der Waals surface area contributed by atoms with Crippen molar-refractivity contribution in [3.8, 4) is 5.75 Å². The molecule has 1 aromatic carbocycles. The average Bonchev–Trinajstić information content (AvgIpc) is 2.80. The second kappa shape index (κ2) is 13.1. The topological polar surface area (TPSA) is 161 Å². The molecule has 1 aliphatic carbocycles. The Balaban J connectivity index is 0.000000425. The number of rotatable bonds is 7. The minimum atomic E-state index is -3.63. The summed E-state index contributed by atoms with van der Waals surface area (Å²) in [6, 6.07) is 6.99. The Labute approximate surface area is 206 Å². The predicted molar refractivity (Wildman–Crippen MR) is 127 cm³/mol. The van der Waals surface area contributed by atoms with Crippen LogP contribution in [0, 0.1) is 5.92 Å². The fraction of sp³-hybridized carbons (Fsp3) is 0.458. The number of halogens is 2. The molecule has 0 bridgehead atoms. The van der Waals surface area contributed by atoms with Crippen LogP contribution in [0.2, 0.25) is 0 Å². The largest absolute Gasteiger partial charge is 0.481 e. The van der Waals surface area contributed by atoms with Gasteiger partial charge in [0, 0.05) is 11.8 Å². The lowest BCUT2D eigenvalue weighted by Crippen LogP contribution is -2.35. The lowest BCUT2D eigenvalue weighted by Gasteiger charge is -2.19. The van der Waals surface area contributed by atoms with Crippen LogP contribution in [-0.2, 0) is 4.79 Å². The van der Waals surface area contributed by atoms with Gasteiger partial charge in [0.1, 0.15) is 11.4 Å². The number of urea groups is 1. The number of pyridine rings is 1. The minimum Gasteiger partial charge on any atom is -0.481 e. The number of alkyl halides is 2. The molecule has 0 atom stereocenters. The lowest BCUT2D eigenvalue weighted by atomic mass is 9.90. The van der Waals surface area contributed by atoms with Gasteiger partial charge in [0.25, 0.3) is 6.43 Å². The minimum absolute atomic E-state index is 0.0289. The van der Waals surface area contributed by atoms with Crippen molar-refractivity contribution < 1.29 is 43.5 Å². The first-order valence-electron chi connectivity index (χ1n) is 11.4. The third-order valence-corrected chi connectivity index (χ3v) is 5.39. The van der Waals surface area contributed by atoms with Gasteiger partial charge in [-0.3, -0.25) is 9.78 Å². The van der Waals surface area contributed by atoms with Crippen LogP contribution >= 0.6 is 0 Å². The zero-order valence-electron chi connectivity index (χ0n) is 19.9. The molecule has 1 fully saturated rings. The summed E-state index contributed by atoms with van der Waals surface area (Å²) in [5, 5.41) is 40.3. The fourth-order valence-electron chi connectivity index (χ4n) is 3.64. The summed E-state index contributed by atoms with van der Waals surface area (Å²) in [7, 11) is 0. The van der Waals surface area contributed by atoms with Crippen LogP contribution in [0.25, 0.3) is 0 Å². The highest BCUT2D eigenvalue weighted by molar-refractivity contribution is 6.01. The summed E-state index contributed by atoms with van der Waals surface area (Å²) in [4.78, 5) is 26.1. The van der Waals surface area contributed by atoms with Crippen molar-refractivity contribution in [2.75, 3.05) is 10.6 Å². The lowest BCUT2D eigenvalue weighted by molar-refractivity contribution is -0.419. The summed E-state index contributed by atoms with van der Waals surface area (Å²) in [5.74, 6) is -1.11. The number of hydrogen-bond donors (Lipinski definition) is 6. The van der Waals surface area contributed by atoms with Gasteiger partial charge < -0.3 is 35.8 Å². The maximum atomic E-state index is 12.8. The summed E-state index contributed by atoms with van der Waals surface area (Å²) >= 11 is 0. The number of carbonyl (C=O) groups is 2. The first-order chi connectivity index (χ1) is 16.9. The van der Waals surface area contributed by atoms with Gasteiger partial charge in [-0.05, 0) is 30.4 Å². The van der Waals surface area contributed by atoms with Crippen molar-refractivity contribution in [3.63, 3.8) is 0 Å². The number of aliphatic hydroxyl groups is 3. The van der Waals surface area contributed by atoms with E-state index < -0.39 is 36.0 Å². The highest BCUT2D eigenvalue weighted by Crippen LogP contribution is 2.30. The number of benzene rings is 1. The van der Waals surface area contributed by atoms with Crippen molar-refractivity contribution in [1.82, 2.24) is 4.98 Å². The number of amides is 2. The van der Waals surface area contributed by atoms with Crippen molar-refractivity contribution in [2.24, 2.45) is 5.92 Å². The Morgan fingerprint density at radius 2 is 1.67 bits per heavy atom. The summed E-state index contributed by atoms with van der Waals surface area (Å²) in [6.45, 7) is 3.89. The van der Waals surface area contributed by atoms with E-state index in [1.165, 1.54) is 6.42 Å². The van der Waals surface area contributed by atoms with Gasteiger partial charge in [0.05, 0.1) is 12.1 Å². The molecule has 1 saturated carbocycles. The second-order valence-electron chi connectivity index (χ2n) is 8.58. The Morgan fingerprint density at radius 3 is 2.19 bits per heavy atom. The Bertz CT molecular complexity index is 1020. The fourth-order valence-corrected chi connectivity index (χ4v) is 3.64. The molecule has 1 aliphatic rings. The Morgan fingerprint density at radius 1 is 1.06 bits per heavy atom. The number of carboxylic acids is 1. The van der Waals surface area contributed by atoms with Gasteiger partial charge in [0.15, 0.2) is 5.75 Å². The maximum Gasteiger partial charge on any atom is 0.453 e. The molecule has 0 radical (unpaired) electrons. The zero-order chi connectivity index (χ0) is 26.9. The molecule has 2 amide bonds. The quantitative estimate of drug-likeness (QED) is 0.298.